The van der Waals surface area contributed by atoms with Gasteiger partial charge in [-0.3, -0.25) is 4.79 Å². The topological polar surface area (TPSA) is 77.4 Å². The molecule has 0 rings (SSSR count). The molecule has 0 radical (unpaired) electrons. The summed E-state index contributed by atoms with van der Waals surface area (Å²) in [7, 11) is 3.51. The molecule has 7 nitrogen and oxygen atoms in total. The SMILES string of the molecule is CCOCCON=C(C(=O)C=CN(C)C)C(=O)OC(C)(C)C. The first-order valence-corrected chi connectivity index (χ1v) is 7.07. The fourth-order valence-corrected chi connectivity index (χ4v) is 1.16. The lowest BCUT2D eigenvalue weighted by atomic mass is 10.2. The molecule has 7 heteroatoms. The maximum Gasteiger partial charge on any atom is 0.365 e. The predicted molar refractivity (Wildman–Crippen MR) is 83.6 cm³/mol. The Kier molecular flexibility index (Phi) is 9.09. The standard InChI is InChI=1S/C15H26N2O5/c1-7-20-10-11-21-16-13(12(18)8-9-17(5)6)14(19)22-15(2,3)4/h8-9H,7,10-11H2,1-6H3. The molecule has 0 unspecified atom stereocenters. The van der Waals surface area contributed by atoms with E-state index in [2.05, 4.69) is 5.16 Å². The molecule has 0 atom stereocenters. The molecule has 0 aliphatic heterocycles. The van der Waals surface area contributed by atoms with Crippen LogP contribution in [0.1, 0.15) is 27.7 Å². The Hall–Kier alpha value is -1.89. The number of allylic oxidation sites excluding steroid dienone is 1. The number of oxime groups is 1. The summed E-state index contributed by atoms with van der Waals surface area (Å²) < 4.78 is 10.2. The summed E-state index contributed by atoms with van der Waals surface area (Å²) in [6, 6.07) is 0. The van der Waals surface area contributed by atoms with E-state index in [1.165, 1.54) is 12.3 Å². The van der Waals surface area contributed by atoms with Crippen LogP contribution in [-0.4, -0.2) is 61.9 Å². The van der Waals surface area contributed by atoms with Crippen molar-refractivity contribution in [3.8, 4) is 0 Å². The molecular weight excluding hydrogens is 288 g/mol. The molecule has 0 aromatic heterocycles. The molecule has 0 aromatic rings. The van der Waals surface area contributed by atoms with Gasteiger partial charge in [-0.15, -0.1) is 0 Å². The molecule has 0 heterocycles. The summed E-state index contributed by atoms with van der Waals surface area (Å²) in [5.41, 5.74) is -1.13. The van der Waals surface area contributed by atoms with E-state index in [0.29, 0.717) is 13.2 Å². The quantitative estimate of drug-likeness (QED) is 0.160. The smallest absolute Gasteiger partial charge is 0.365 e. The Morgan fingerprint density at radius 1 is 1.18 bits per heavy atom. The lowest BCUT2D eigenvalue weighted by Gasteiger charge is -2.19. The molecule has 0 bridgehead atoms. The maximum atomic E-state index is 12.0. The molecule has 0 N–H and O–H groups in total. The van der Waals surface area contributed by atoms with Crippen molar-refractivity contribution in [1.29, 1.82) is 0 Å². The van der Waals surface area contributed by atoms with Gasteiger partial charge >= 0.3 is 5.97 Å². The molecule has 0 fully saturated rings. The number of carbonyl (C=O) groups is 2. The molecule has 0 aliphatic rings. The first-order valence-electron chi connectivity index (χ1n) is 7.07. The third-order valence-corrected chi connectivity index (χ3v) is 2.03. The Labute approximate surface area is 131 Å². The highest BCUT2D eigenvalue weighted by molar-refractivity contribution is 6.66. The fraction of sp³-hybridized carbons (Fsp3) is 0.667. The zero-order chi connectivity index (χ0) is 17.2. The van der Waals surface area contributed by atoms with Gasteiger partial charge in [0.1, 0.15) is 12.2 Å². The van der Waals surface area contributed by atoms with E-state index < -0.39 is 23.1 Å². The van der Waals surface area contributed by atoms with Crippen molar-refractivity contribution in [2.45, 2.75) is 33.3 Å². The van der Waals surface area contributed by atoms with Crippen LogP contribution in [0.2, 0.25) is 0 Å². The third-order valence-electron chi connectivity index (χ3n) is 2.03. The van der Waals surface area contributed by atoms with Gasteiger partial charge in [0.15, 0.2) is 0 Å². The Bertz CT molecular complexity index is 422. The van der Waals surface area contributed by atoms with Gasteiger partial charge in [0.25, 0.3) is 0 Å². The number of ether oxygens (including phenoxy) is 2. The number of carbonyl (C=O) groups excluding carboxylic acids is 2. The minimum absolute atomic E-state index is 0.144. The van der Waals surface area contributed by atoms with Crippen molar-refractivity contribution < 1.29 is 23.9 Å². The lowest BCUT2D eigenvalue weighted by Crippen LogP contribution is -2.33. The second-order valence-electron chi connectivity index (χ2n) is 5.62. The number of hydrogen-bond acceptors (Lipinski definition) is 7. The van der Waals surface area contributed by atoms with Crippen molar-refractivity contribution in [2.24, 2.45) is 5.16 Å². The first-order chi connectivity index (χ1) is 10.2. The van der Waals surface area contributed by atoms with Crippen LogP contribution in [0.15, 0.2) is 17.4 Å². The average molecular weight is 314 g/mol. The number of ketones is 1. The average Bonchev–Trinajstić information content (AvgIpc) is 2.38. The summed E-state index contributed by atoms with van der Waals surface area (Å²) >= 11 is 0. The molecule has 22 heavy (non-hydrogen) atoms. The van der Waals surface area contributed by atoms with E-state index in [-0.39, 0.29) is 6.61 Å². The van der Waals surface area contributed by atoms with Gasteiger partial charge in [-0.1, -0.05) is 5.16 Å². The Morgan fingerprint density at radius 3 is 2.32 bits per heavy atom. The summed E-state index contributed by atoms with van der Waals surface area (Å²) in [5, 5.41) is 3.60. The molecule has 0 aliphatic carbocycles. The fourth-order valence-electron chi connectivity index (χ4n) is 1.16. The minimum Gasteiger partial charge on any atom is -0.455 e. The van der Waals surface area contributed by atoms with E-state index in [1.54, 1.807) is 39.8 Å². The van der Waals surface area contributed by atoms with E-state index >= 15 is 0 Å². The van der Waals surface area contributed by atoms with Crippen molar-refractivity contribution in [2.75, 3.05) is 33.9 Å². The van der Waals surface area contributed by atoms with Crippen LogP contribution >= 0.6 is 0 Å². The van der Waals surface area contributed by atoms with Crippen LogP contribution in [0.4, 0.5) is 0 Å². The minimum atomic E-state index is -0.822. The van der Waals surface area contributed by atoms with Crippen molar-refractivity contribution in [3.63, 3.8) is 0 Å². The zero-order valence-corrected chi connectivity index (χ0v) is 14.2. The second-order valence-corrected chi connectivity index (χ2v) is 5.62. The molecule has 0 aromatic carbocycles. The van der Waals surface area contributed by atoms with Crippen LogP contribution < -0.4 is 0 Å². The number of rotatable bonds is 9. The van der Waals surface area contributed by atoms with Crippen LogP contribution in [0.25, 0.3) is 0 Å². The summed E-state index contributed by atoms with van der Waals surface area (Å²) in [6.45, 7) is 7.99. The molecular formula is C15H26N2O5. The van der Waals surface area contributed by atoms with E-state index in [1.807, 2.05) is 6.92 Å². The normalized spacial score (nSPS) is 12.4. The van der Waals surface area contributed by atoms with Gasteiger partial charge in [-0.25, -0.2) is 4.79 Å². The van der Waals surface area contributed by atoms with Gasteiger partial charge < -0.3 is 19.2 Å². The van der Waals surface area contributed by atoms with Crippen LogP contribution in [0.3, 0.4) is 0 Å². The monoisotopic (exact) mass is 314 g/mol. The molecule has 0 spiro atoms. The molecule has 126 valence electrons. The third kappa shape index (κ3) is 9.93. The van der Waals surface area contributed by atoms with Gasteiger partial charge in [0, 0.05) is 33.0 Å². The highest BCUT2D eigenvalue weighted by Crippen LogP contribution is 2.08. The van der Waals surface area contributed by atoms with Crippen molar-refractivity contribution in [1.82, 2.24) is 4.90 Å². The molecule has 0 saturated heterocycles. The zero-order valence-electron chi connectivity index (χ0n) is 14.2. The van der Waals surface area contributed by atoms with Gasteiger partial charge in [-0.2, -0.15) is 0 Å². The van der Waals surface area contributed by atoms with Crippen molar-refractivity contribution >= 4 is 17.5 Å². The Balaban J connectivity index is 4.93. The first kappa shape index (κ1) is 20.1. The molecule has 0 amide bonds. The van der Waals surface area contributed by atoms with Gasteiger partial charge in [0.2, 0.25) is 11.5 Å². The van der Waals surface area contributed by atoms with E-state index in [4.69, 9.17) is 14.3 Å². The van der Waals surface area contributed by atoms with Crippen molar-refractivity contribution in [3.05, 3.63) is 12.3 Å². The highest BCUT2D eigenvalue weighted by atomic mass is 16.6. The number of esters is 1. The lowest BCUT2D eigenvalue weighted by molar-refractivity contribution is -0.146. The highest BCUT2D eigenvalue weighted by Gasteiger charge is 2.26. The summed E-state index contributed by atoms with van der Waals surface area (Å²) in [4.78, 5) is 30.7. The maximum absolute atomic E-state index is 12.0. The number of nitrogens with zero attached hydrogens (tertiary/aromatic N) is 2. The summed E-state index contributed by atoms with van der Waals surface area (Å²) in [6.07, 6.45) is 2.75. The summed E-state index contributed by atoms with van der Waals surface area (Å²) in [5.74, 6) is -1.41. The van der Waals surface area contributed by atoms with Crippen LogP contribution in [-0.2, 0) is 23.9 Å². The van der Waals surface area contributed by atoms with Crippen LogP contribution in [0.5, 0.6) is 0 Å². The largest absolute Gasteiger partial charge is 0.455 e. The van der Waals surface area contributed by atoms with E-state index in [9.17, 15) is 9.59 Å². The predicted octanol–water partition coefficient (Wildman–Crippen LogP) is 1.38. The molecule has 0 saturated carbocycles. The van der Waals surface area contributed by atoms with Gasteiger partial charge in [-0.05, 0) is 27.7 Å². The Morgan fingerprint density at radius 2 is 1.82 bits per heavy atom. The van der Waals surface area contributed by atoms with E-state index in [0.717, 1.165) is 0 Å². The second kappa shape index (κ2) is 9.94. The number of hydrogen-bond donors (Lipinski definition) is 0. The van der Waals surface area contributed by atoms with Gasteiger partial charge in [0.05, 0.1) is 6.61 Å². The van der Waals surface area contributed by atoms with Crippen LogP contribution in [0, 0.1) is 0 Å².